The molecule has 1 aliphatic heterocycles. The lowest BCUT2D eigenvalue weighted by molar-refractivity contribution is -0.116. The number of hydrogen-bond donors (Lipinski definition) is 1. The summed E-state index contributed by atoms with van der Waals surface area (Å²) in [5.41, 5.74) is 3.46. The Kier molecular flexibility index (Phi) is 4.87. The minimum Gasteiger partial charge on any atom is -0.454 e. The van der Waals surface area contributed by atoms with Gasteiger partial charge in [0.05, 0.1) is 11.5 Å². The van der Waals surface area contributed by atoms with Gasteiger partial charge in [0.25, 0.3) is 0 Å². The van der Waals surface area contributed by atoms with Gasteiger partial charge in [0, 0.05) is 11.3 Å². The minimum absolute atomic E-state index is 0.000649. The highest BCUT2D eigenvalue weighted by Crippen LogP contribution is 2.32. The topological polar surface area (TPSA) is 72.5 Å². The van der Waals surface area contributed by atoms with Gasteiger partial charge in [-0.25, -0.2) is 4.79 Å². The van der Waals surface area contributed by atoms with Gasteiger partial charge in [-0.05, 0) is 53.8 Å². The second-order valence-electron chi connectivity index (χ2n) is 7.84. The summed E-state index contributed by atoms with van der Waals surface area (Å²) in [6, 6.07) is 12.2. The first-order valence-electron chi connectivity index (χ1n) is 8.92. The molecule has 0 fully saturated rings. The third-order valence-electron chi connectivity index (χ3n) is 4.81. The smallest absolute Gasteiger partial charge is 0.338 e. The van der Waals surface area contributed by atoms with Crippen LogP contribution in [0.3, 0.4) is 0 Å². The van der Waals surface area contributed by atoms with Crippen LogP contribution in [-0.2, 0) is 14.9 Å². The molecule has 1 aliphatic rings. The zero-order chi connectivity index (χ0) is 19.8. The number of hydrogen-bond acceptors (Lipinski definition) is 4. The van der Waals surface area contributed by atoms with Gasteiger partial charge in [-0.3, -0.25) is 9.59 Å². The van der Waals surface area contributed by atoms with Gasteiger partial charge < -0.3 is 10.1 Å². The van der Waals surface area contributed by atoms with Crippen molar-refractivity contribution in [2.24, 2.45) is 0 Å². The molecule has 0 aromatic heterocycles. The van der Waals surface area contributed by atoms with Crippen LogP contribution in [0.25, 0.3) is 0 Å². The van der Waals surface area contributed by atoms with Gasteiger partial charge in [0.2, 0.25) is 5.91 Å². The van der Waals surface area contributed by atoms with E-state index in [0.29, 0.717) is 11.1 Å². The van der Waals surface area contributed by atoms with E-state index >= 15 is 0 Å². The van der Waals surface area contributed by atoms with Crippen molar-refractivity contribution >= 4 is 23.3 Å². The molecule has 0 saturated carbocycles. The van der Waals surface area contributed by atoms with Gasteiger partial charge in [0.1, 0.15) is 0 Å². The van der Waals surface area contributed by atoms with Crippen molar-refractivity contribution in [3.05, 3.63) is 64.7 Å². The predicted molar refractivity (Wildman–Crippen MR) is 103 cm³/mol. The van der Waals surface area contributed by atoms with Crippen LogP contribution >= 0.6 is 0 Å². The van der Waals surface area contributed by atoms with E-state index in [1.54, 1.807) is 37.3 Å². The maximum atomic E-state index is 12.4. The molecule has 0 bridgehead atoms. The molecule has 1 heterocycles. The highest BCUT2D eigenvalue weighted by Gasteiger charge is 2.27. The number of rotatable bonds is 4. The lowest BCUT2D eigenvalue weighted by Crippen LogP contribution is -2.15. The Balaban J connectivity index is 1.64. The molecule has 140 valence electrons. The number of carbonyl (C=O) groups is 3. The summed E-state index contributed by atoms with van der Waals surface area (Å²) < 4.78 is 5.17. The quantitative estimate of drug-likeness (QED) is 0.654. The Hall–Kier alpha value is -2.95. The van der Waals surface area contributed by atoms with Gasteiger partial charge >= 0.3 is 5.97 Å². The minimum atomic E-state index is -0.532. The second kappa shape index (κ2) is 6.99. The molecular weight excluding hydrogens is 342 g/mol. The molecule has 0 saturated heterocycles. The number of ketones is 1. The number of nitrogens with one attached hydrogen (secondary N) is 1. The molecule has 27 heavy (non-hydrogen) atoms. The summed E-state index contributed by atoms with van der Waals surface area (Å²) in [6.45, 7) is 7.74. The first-order chi connectivity index (χ1) is 12.7. The van der Waals surface area contributed by atoms with E-state index in [1.807, 2.05) is 12.1 Å². The van der Waals surface area contributed by atoms with Crippen LogP contribution in [0.15, 0.2) is 42.5 Å². The molecule has 0 radical (unpaired) electrons. The summed E-state index contributed by atoms with van der Waals surface area (Å²) in [6.07, 6.45) is 0. The van der Waals surface area contributed by atoms with E-state index in [4.69, 9.17) is 4.74 Å². The fraction of sp³-hybridized carbons (Fsp3) is 0.318. The summed E-state index contributed by atoms with van der Waals surface area (Å²) in [7, 11) is 0. The molecule has 1 atom stereocenters. The Morgan fingerprint density at radius 2 is 1.67 bits per heavy atom. The molecule has 0 unspecified atom stereocenters. The largest absolute Gasteiger partial charge is 0.454 e. The van der Waals surface area contributed by atoms with Crippen LogP contribution in [0.1, 0.15) is 65.5 Å². The molecule has 5 nitrogen and oxygen atoms in total. The SMILES string of the molecule is C[C@@H]1C(=O)Nc2ccc(C(=O)COC(=O)c3ccc(C(C)(C)C)cc3)cc21. The Morgan fingerprint density at radius 3 is 2.30 bits per heavy atom. The van der Waals surface area contributed by atoms with Crippen molar-refractivity contribution in [2.75, 3.05) is 11.9 Å². The van der Waals surface area contributed by atoms with Crippen LogP contribution < -0.4 is 5.32 Å². The molecule has 5 heteroatoms. The molecule has 1 amide bonds. The van der Waals surface area contributed by atoms with E-state index in [1.165, 1.54) is 0 Å². The number of carbonyl (C=O) groups excluding carboxylic acids is 3. The third kappa shape index (κ3) is 3.92. The van der Waals surface area contributed by atoms with Crippen molar-refractivity contribution in [1.82, 2.24) is 0 Å². The van der Waals surface area contributed by atoms with Crippen molar-refractivity contribution in [1.29, 1.82) is 0 Å². The fourth-order valence-electron chi connectivity index (χ4n) is 2.99. The molecule has 0 spiro atoms. The lowest BCUT2D eigenvalue weighted by Gasteiger charge is -2.18. The zero-order valence-corrected chi connectivity index (χ0v) is 16.0. The summed E-state index contributed by atoms with van der Waals surface area (Å²) >= 11 is 0. The molecule has 3 rings (SSSR count). The number of Topliss-reactive ketones (excluding diaryl/α,β-unsaturated/α-hetero) is 1. The van der Waals surface area contributed by atoms with Crippen LogP contribution in [0.5, 0.6) is 0 Å². The number of anilines is 1. The van der Waals surface area contributed by atoms with Crippen molar-refractivity contribution in [3.8, 4) is 0 Å². The summed E-state index contributed by atoms with van der Waals surface area (Å²) in [5.74, 6) is -1.21. The standard InChI is InChI=1S/C22H23NO4/c1-13-17-11-15(7-10-18(17)23-20(13)25)19(24)12-27-21(26)14-5-8-16(9-6-14)22(2,3)4/h5-11,13H,12H2,1-4H3,(H,23,25)/t13-/m0/s1. The van der Waals surface area contributed by atoms with Gasteiger partial charge in [-0.2, -0.15) is 0 Å². The van der Waals surface area contributed by atoms with Crippen LogP contribution in [0.4, 0.5) is 5.69 Å². The first-order valence-corrected chi connectivity index (χ1v) is 8.92. The highest BCUT2D eigenvalue weighted by atomic mass is 16.5. The number of amides is 1. The van der Waals surface area contributed by atoms with Crippen LogP contribution in [0, 0.1) is 0 Å². The zero-order valence-electron chi connectivity index (χ0n) is 16.0. The molecule has 1 N–H and O–H groups in total. The maximum Gasteiger partial charge on any atom is 0.338 e. The summed E-state index contributed by atoms with van der Waals surface area (Å²) in [4.78, 5) is 36.3. The van der Waals surface area contributed by atoms with E-state index in [-0.39, 0.29) is 29.6 Å². The van der Waals surface area contributed by atoms with Crippen molar-refractivity contribution in [2.45, 2.75) is 39.0 Å². The fourth-order valence-corrected chi connectivity index (χ4v) is 2.99. The lowest BCUT2D eigenvalue weighted by atomic mass is 9.87. The average Bonchev–Trinajstić information content (AvgIpc) is 2.92. The third-order valence-corrected chi connectivity index (χ3v) is 4.81. The van der Waals surface area contributed by atoms with Gasteiger partial charge in [-0.1, -0.05) is 32.9 Å². The van der Waals surface area contributed by atoms with Crippen molar-refractivity contribution < 1.29 is 19.1 Å². The average molecular weight is 365 g/mol. The van der Waals surface area contributed by atoms with E-state index in [2.05, 4.69) is 26.1 Å². The Labute approximate surface area is 158 Å². The number of fused-ring (bicyclic) bond motifs is 1. The number of ether oxygens (including phenoxy) is 1. The molecular formula is C22H23NO4. The Morgan fingerprint density at radius 1 is 1.04 bits per heavy atom. The Bertz CT molecular complexity index is 907. The second-order valence-corrected chi connectivity index (χ2v) is 7.84. The normalized spacial score (nSPS) is 15.9. The van der Waals surface area contributed by atoms with E-state index < -0.39 is 5.97 Å². The van der Waals surface area contributed by atoms with Gasteiger partial charge in [-0.15, -0.1) is 0 Å². The van der Waals surface area contributed by atoms with Crippen molar-refractivity contribution in [3.63, 3.8) is 0 Å². The summed E-state index contributed by atoms with van der Waals surface area (Å²) in [5, 5.41) is 2.76. The molecule has 0 aliphatic carbocycles. The predicted octanol–water partition coefficient (Wildman–Crippen LogP) is 4.08. The van der Waals surface area contributed by atoms with Crippen LogP contribution in [-0.4, -0.2) is 24.3 Å². The monoisotopic (exact) mass is 365 g/mol. The molecule has 2 aromatic rings. The van der Waals surface area contributed by atoms with E-state index in [9.17, 15) is 14.4 Å². The van der Waals surface area contributed by atoms with E-state index in [0.717, 1.165) is 16.8 Å². The van der Waals surface area contributed by atoms with Gasteiger partial charge in [0.15, 0.2) is 12.4 Å². The van der Waals surface area contributed by atoms with Crippen LogP contribution in [0.2, 0.25) is 0 Å². The molecule has 2 aromatic carbocycles. The number of esters is 1. The highest BCUT2D eigenvalue weighted by molar-refractivity contribution is 6.05. The number of benzene rings is 2. The first kappa shape index (κ1) is 18.8. The maximum absolute atomic E-state index is 12.4.